The normalized spacial score (nSPS) is 11.6. The number of nitrogens with zero attached hydrogens (tertiary/aromatic N) is 1. The van der Waals surface area contributed by atoms with E-state index in [1.54, 1.807) is 0 Å². The summed E-state index contributed by atoms with van der Waals surface area (Å²) >= 11 is 1.20. The van der Waals surface area contributed by atoms with E-state index in [9.17, 15) is 18.0 Å². The molecular formula is C12H9F3N2OS. The lowest BCUT2D eigenvalue weighted by Gasteiger charge is -2.07. The number of hydrogen-bond donors (Lipinski definition) is 1. The topological polar surface area (TPSA) is 56.0 Å². The summed E-state index contributed by atoms with van der Waals surface area (Å²) in [6, 6.07) is 4.28. The van der Waals surface area contributed by atoms with Gasteiger partial charge in [-0.2, -0.15) is 13.2 Å². The summed E-state index contributed by atoms with van der Waals surface area (Å²) in [6.45, 7) is 0.195. The second-order valence-corrected chi connectivity index (χ2v) is 4.68. The Bertz CT molecular complexity index is 607. The Hall–Kier alpha value is -1.73. The maximum atomic E-state index is 12.6. The molecule has 0 radical (unpaired) electrons. The van der Waals surface area contributed by atoms with Crippen molar-refractivity contribution in [1.82, 2.24) is 4.98 Å². The third-order valence-corrected chi connectivity index (χ3v) is 3.28. The molecule has 1 heterocycles. The molecule has 2 rings (SSSR count). The Morgan fingerprint density at radius 1 is 1.37 bits per heavy atom. The van der Waals surface area contributed by atoms with Crippen molar-refractivity contribution in [2.24, 2.45) is 5.73 Å². The van der Waals surface area contributed by atoms with Gasteiger partial charge in [-0.15, -0.1) is 11.3 Å². The van der Waals surface area contributed by atoms with Gasteiger partial charge < -0.3 is 5.73 Å². The summed E-state index contributed by atoms with van der Waals surface area (Å²) in [4.78, 5) is 16.0. The van der Waals surface area contributed by atoms with E-state index in [-0.39, 0.29) is 17.8 Å². The van der Waals surface area contributed by atoms with Crippen molar-refractivity contribution in [3.8, 4) is 0 Å². The van der Waals surface area contributed by atoms with Gasteiger partial charge in [0, 0.05) is 17.5 Å². The molecule has 2 N–H and O–H groups in total. The van der Waals surface area contributed by atoms with E-state index in [0.29, 0.717) is 5.01 Å². The Morgan fingerprint density at radius 2 is 2.11 bits per heavy atom. The lowest BCUT2D eigenvalue weighted by Crippen LogP contribution is -2.08. The van der Waals surface area contributed by atoms with Crippen LogP contribution in [0, 0.1) is 0 Å². The summed E-state index contributed by atoms with van der Waals surface area (Å²) in [7, 11) is 0. The number of aromatic nitrogens is 1. The molecule has 1 aromatic heterocycles. The number of rotatable bonds is 3. The third kappa shape index (κ3) is 2.99. The number of hydrogen-bond acceptors (Lipinski definition) is 4. The van der Waals surface area contributed by atoms with Gasteiger partial charge in [-0.1, -0.05) is 12.1 Å². The molecule has 0 fully saturated rings. The van der Waals surface area contributed by atoms with E-state index < -0.39 is 17.5 Å². The fourth-order valence-corrected chi connectivity index (χ4v) is 2.15. The number of nitrogens with two attached hydrogens (primary N) is 1. The van der Waals surface area contributed by atoms with Gasteiger partial charge in [0.25, 0.3) is 0 Å². The van der Waals surface area contributed by atoms with Crippen LogP contribution in [0.4, 0.5) is 13.2 Å². The monoisotopic (exact) mass is 286 g/mol. The molecule has 0 atom stereocenters. The Morgan fingerprint density at radius 3 is 2.68 bits per heavy atom. The third-order valence-electron chi connectivity index (χ3n) is 2.41. The van der Waals surface area contributed by atoms with Crippen molar-refractivity contribution < 1.29 is 18.0 Å². The molecule has 1 aromatic carbocycles. The molecule has 0 saturated carbocycles. The van der Waals surface area contributed by atoms with Crippen molar-refractivity contribution in [3.05, 3.63) is 51.5 Å². The van der Waals surface area contributed by atoms with Gasteiger partial charge in [-0.25, -0.2) is 4.98 Å². The molecule has 2 aromatic rings. The number of carbonyl (C=O) groups excluding carboxylic acids is 1. The zero-order valence-corrected chi connectivity index (χ0v) is 10.4. The van der Waals surface area contributed by atoms with Gasteiger partial charge in [0.05, 0.1) is 5.56 Å². The first-order valence-corrected chi connectivity index (χ1v) is 6.16. The molecule has 0 saturated heterocycles. The average Bonchev–Trinajstić information content (AvgIpc) is 2.86. The van der Waals surface area contributed by atoms with Crippen LogP contribution >= 0.6 is 11.3 Å². The van der Waals surface area contributed by atoms with Crippen LogP contribution in [0.15, 0.2) is 29.6 Å². The van der Waals surface area contributed by atoms with Crippen LogP contribution in [-0.4, -0.2) is 10.8 Å². The summed E-state index contributed by atoms with van der Waals surface area (Å²) in [5.74, 6) is -0.540. The van der Waals surface area contributed by atoms with Gasteiger partial charge >= 0.3 is 6.18 Å². The van der Waals surface area contributed by atoms with E-state index in [2.05, 4.69) is 4.98 Å². The van der Waals surface area contributed by atoms with Crippen molar-refractivity contribution in [2.45, 2.75) is 12.7 Å². The van der Waals surface area contributed by atoms with Gasteiger partial charge in [-0.3, -0.25) is 4.79 Å². The minimum Gasteiger partial charge on any atom is -0.325 e. The highest BCUT2D eigenvalue weighted by molar-refractivity contribution is 7.09. The number of benzene rings is 1. The van der Waals surface area contributed by atoms with E-state index in [4.69, 9.17) is 5.73 Å². The maximum Gasteiger partial charge on any atom is 0.416 e. The largest absolute Gasteiger partial charge is 0.416 e. The number of ketones is 1. The molecule has 0 spiro atoms. The van der Waals surface area contributed by atoms with Crippen molar-refractivity contribution in [3.63, 3.8) is 0 Å². The van der Waals surface area contributed by atoms with Gasteiger partial charge in [0.2, 0.25) is 5.78 Å². The quantitative estimate of drug-likeness (QED) is 0.883. The van der Waals surface area contributed by atoms with Crippen LogP contribution in [0.3, 0.4) is 0 Å². The zero-order valence-electron chi connectivity index (χ0n) is 9.57. The Kier molecular flexibility index (Phi) is 3.68. The van der Waals surface area contributed by atoms with E-state index in [1.165, 1.54) is 28.8 Å². The average molecular weight is 286 g/mol. The Balaban J connectivity index is 2.34. The fraction of sp³-hybridized carbons (Fsp3) is 0.167. The number of carbonyl (C=O) groups is 1. The molecular weight excluding hydrogens is 277 g/mol. The highest BCUT2D eigenvalue weighted by Gasteiger charge is 2.31. The van der Waals surface area contributed by atoms with Crippen LogP contribution in [0.25, 0.3) is 0 Å². The van der Waals surface area contributed by atoms with E-state index >= 15 is 0 Å². The first-order chi connectivity index (χ1) is 8.91. The minimum atomic E-state index is -4.47. The molecule has 0 aliphatic carbocycles. The van der Waals surface area contributed by atoms with Gasteiger partial charge in [-0.05, 0) is 12.1 Å². The van der Waals surface area contributed by atoms with Crippen LogP contribution in [0.5, 0.6) is 0 Å². The van der Waals surface area contributed by atoms with Crippen LogP contribution < -0.4 is 5.73 Å². The minimum absolute atomic E-state index is 0.0382. The van der Waals surface area contributed by atoms with Crippen molar-refractivity contribution in [2.75, 3.05) is 0 Å². The van der Waals surface area contributed by atoms with Crippen LogP contribution in [0.2, 0.25) is 0 Å². The SMILES string of the molecule is NCc1nc(C(=O)c2cccc(C(F)(F)F)c2)cs1. The molecule has 3 nitrogen and oxygen atoms in total. The molecule has 0 aliphatic rings. The number of alkyl halides is 3. The second kappa shape index (κ2) is 5.10. The molecule has 0 aliphatic heterocycles. The molecule has 0 amide bonds. The lowest BCUT2D eigenvalue weighted by molar-refractivity contribution is -0.137. The first kappa shape index (κ1) is 13.7. The highest BCUT2D eigenvalue weighted by Crippen LogP contribution is 2.30. The van der Waals surface area contributed by atoms with Crippen LogP contribution in [0.1, 0.15) is 26.6 Å². The fourth-order valence-electron chi connectivity index (χ4n) is 1.49. The number of halogens is 3. The molecule has 0 bridgehead atoms. The number of thiazole rings is 1. The Labute approximate surface area is 110 Å². The summed E-state index contributed by atoms with van der Waals surface area (Å²) in [5.41, 5.74) is 4.59. The van der Waals surface area contributed by atoms with Gasteiger partial charge in [0.15, 0.2) is 0 Å². The van der Waals surface area contributed by atoms with E-state index in [1.807, 2.05) is 0 Å². The summed E-state index contributed by atoms with van der Waals surface area (Å²) < 4.78 is 37.7. The smallest absolute Gasteiger partial charge is 0.325 e. The van der Waals surface area contributed by atoms with Gasteiger partial charge in [0.1, 0.15) is 10.7 Å². The zero-order chi connectivity index (χ0) is 14.0. The predicted molar refractivity (Wildman–Crippen MR) is 64.9 cm³/mol. The van der Waals surface area contributed by atoms with Crippen molar-refractivity contribution in [1.29, 1.82) is 0 Å². The molecule has 0 unspecified atom stereocenters. The molecule has 19 heavy (non-hydrogen) atoms. The lowest BCUT2D eigenvalue weighted by atomic mass is 10.1. The second-order valence-electron chi connectivity index (χ2n) is 3.74. The van der Waals surface area contributed by atoms with Crippen molar-refractivity contribution >= 4 is 17.1 Å². The predicted octanol–water partition coefficient (Wildman–Crippen LogP) is 2.85. The summed E-state index contributed by atoms with van der Waals surface area (Å²) in [5, 5.41) is 2.06. The maximum absolute atomic E-state index is 12.6. The summed E-state index contributed by atoms with van der Waals surface area (Å²) in [6.07, 6.45) is -4.47. The van der Waals surface area contributed by atoms with Crippen LogP contribution in [-0.2, 0) is 12.7 Å². The van der Waals surface area contributed by atoms with E-state index in [0.717, 1.165) is 12.1 Å². The standard InChI is InChI=1S/C12H9F3N2OS/c13-12(14,15)8-3-1-2-7(4-8)11(18)9-6-19-10(5-16)17-9/h1-4,6H,5,16H2. The molecule has 7 heteroatoms. The molecule has 100 valence electrons. The first-order valence-electron chi connectivity index (χ1n) is 5.28. The highest BCUT2D eigenvalue weighted by atomic mass is 32.1.